The number of phenols is 1. The van der Waals surface area contributed by atoms with Crippen LogP contribution in [0.3, 0.4) is 0 Å². The number of carbonyl (C=O) groups excluding carboxylic acids is 1. The van der Waals surface area contributed by atoms with Crippen LogP contribution in [0.1, 0.15) is 50.6 Å². The maximum Gasteiger partial charge on any atom is 0.317 e. The summed E-state index contributed by atoms with van der Waals surface area (Å²) in [6.45, 7) is 1.93. The van der Waals surface area contributed by atoms with Crippen molar-refractivity contribution in [1.82, 2.24) is 10.2 Å². The number of nitrogens with zero attached hydrogens (tertiary/aromatic N) is 1. The van der Waals surface area contributed by atoms with Gasteiger partial charge >= 0.3 is 6.03 Å². The van der Waals surface area contributed by atoms with Crippen molar-refractivity contribution in [3.63, 3.8) is 0 Å². The minimum atomic E-state index is -0.153. The van der Waals surface area contributed by atoms with Crippen LogP contribution in [0.4, 0.5) is 4.79 Å². The van der Waals surface area contributed by atoms with Gasteiger partial charge in [0.15, 0.2) is 0 Å². The molecule has 20 heavy (non-hydrogen) atoms. The number of aromatic hydroxyl groups is 1. The van der Waals surface area contributed by atoms with Crippen molar-refractivity contribution >= 4 is 6.03 Å². The molecule has 1 unspecified atom stereocenters. The van der Waals surface area contributed by atoms with E-state index in [1.165, 1.54) is 19.3 Å². The minimum Gasteiger partial charge on any atom is -0.508 e. The molecule has 2 amide bonds. The molecule has 2 rings (SSSR count). The summed E-state index contributed by atoms with van der Waals surface area (Å²) in [5.74, 6) is 0.234. The number of carbonyl (C=O) groups is 1. The molecule has 1 fully saturated rings. The first kappa shape index (κ1) is 14.7. The number of hydrogen-bond donors (Lipinski definition) is 2. The lowest BCUT2D eigenvalue weighted by molar-refractivity contribution is 0.186. The van der Waals surface area contributed by atoms with Crippen LogP contribution < -0.4 is 5.32 Å². The molecule has 1 aliphatic carbocycles. The summed E-state index contributed by atoms with van der Waals surface area (Å²) in [4.78, 5) is 13.9. The van der Waals surface area contributed by atoms with Crippen molar-refractivity contribution < 1.29 is 9.90 Å². The third-order valence-corrected chi connectivity index (χ3v) is 4.22. The van der Waals surface area contributed by atoms with Gasteiger partial charge in [-0.15, -0.1) is 0 Å². The average molecular weight is 276 g/mol. The molecular weight excluding hydrogens is 252 g/mol. The van der Waals surface area contributed by atoms with Crippen molar-refractivity contribution in [2.75, 3.05) is 7.05 Å². The Labute approximate surface area is 120 Å². The lowest BCUT2D eigenvalue weighted by Gasteiger charge is -2.30. The number of phenolic OH excluding ortho intramolecular Hbond substituents is 1. The molecule has 1 aromatic carbocycles. The van der Waals surface area contributed by atoms with Crippen molar-refractivity contribution in [1.29, 1.82) is 0 Å². The molecule has 1 atom stereocenters. The summed E-state index contributed by atoms with van der Waals surface area (Å²) >= 11 is 0. The Morgan fingerprint density at radius 1 is 1.30 bits per heavy atom. The van der Waals surface area contributed by atoms with Crippen LogP contribution >= 0.6 is 0 Å². The lowest BCUT2D eigenvalue weighted by Crippen LogP contribution is -2.44. The van der Waals surface area contributed by atoms with Gasteiger partial charge in [0.2, 0.25) is 0 Å². The van der Waals surface area contributed by atoms with E-state index in [1.54, 1.807) is 24.1 Å². The standard InChI is InChI=1S/C16H24N2O2/c1-12(14-10-6-7-11-15(14)19)18(2)16(20)17-13-8-4-3-5-9-13/h6-7,10-13,19H,3-5,8-9H2,1-2H3,(H,17,20). The van der Waals surface area contributed by atoms with Crippen LogP contribution in [0.5, 0.6) is 5.75 Å². The third-order valence-electron chi connectivity index (χ3n) is 4.22. The molecule has 0 bridgehead atoms. The van der Waals surface area contributed by atoms with Crippen molar-refractivity contribution in [3.05, 3.63) is 29.8 Å². The van der Waals surface area contributed by atoms with Crippen LogP contribution in [-0.4, -0.2) is 29.1 Å². The topological polar surface area (TPSA) is 52.6 Å². The van der Waals surface area contributed by atoms with E-state index in [2.05, 4.69) is 5.32 Å². The summed E-state index contributed by atoms with van der Waals surface area (Å²) in [6.07, 6.45) is 5.82. The zero-order valence-corrected chi connectivity index (χ0v) is 12.3. The maximum absolute atomic E-state index is 12.3. The molecule has 2 N–H and O–H groups in total. The summed E-state index contributed by atoms with van der Waals surface area (Å²) in [5.41, 5.74) is 0.772. The van der Waals surface area contributed by atoms with E-state index >= 15 is 0 Å². The quantitative estimate of drug-likeness (QED) is 0.888. The van der Waals surface area contributed by atoms with Gasteiger partial charge in [0.1, 0.15) is 5.75 Å². The molecule has 0 radical (unpaired) electrons. The molecule has 1 aromatic rings. The molecule has 0 spiro atoms. The Morgan fingerprint density at radius 2 is 1.95 bits per heavy atom. The predicted molar refractivity (Wildman–Crippen MR) is 79.7 cm³/mol. The number of hydrogen-bond acceptors (Lipinski definition) is 2. The molecule has 0 aliphatic heterocycles. The fourth-order valence-corrected chi connectivity index (χ4v) is 2.75. The van der Waals surface area contributed by atoms with Crippen molar-refractivity contribution in [3.8, 4) is 5.75 Å². The van der Waals surface area contributed by atoms with Crippen LogP contribution in [0, 0.1) is 0 Å². The highest BCUT2D eigenvalue weighted by Gasteiger charge is 2.22. The van der Waals surface area contributed by atoms with E-state index in [0.717, 1.165) is 18.4 Å². The normalized spacial score (nSPS) is 17.5. The molecule has 1 saturated carbocycles. The Balaban J connectivity index is 1.97. The average Bonchev–Trinajstić information content (AvgIpc) is 2.47. The van der Waals surface area contributed by atoms with E-state index in [4.69, 9.17) is 0 Å². The number of rotatable bonds is 3. The molecule has 0 heterocycles. The van der Waals surface area contributed by atoms with Gasteiger partial charge in [0.05, 0.1) is 6.04 Å². The largest absolute Gasteiger partial charge is 0.508 e. The summed E-state index contributed by atoms with van der Waals surface area (Å²) < 4.78 is 0. The van der Waals surface area contributed by atoms with Gasteiger partial charge in [0.25, 0.3) is 0 Å². The van der Waals surface area contributed by atoms with Gasteiger partial charge in [-0.3, -0.25) is 0 Å². The summed E-state index contributed by atoms with van der Waals surface area (Å²) in [7, 11) is 1.77. The van der Waals surface area contributed by atoms with Crippen molar-refractivity contribution in [2.45, 2.75) is 51.1 Å². The van der Waals surface area contributed by atoms with Crippen LogP contribution in [-0.2, 0) is 0 Å². The molecule has 110 valence electrons. The minimum absolute atomic E-state index is 0.0624. The SMILES string of the molecule is CC(c1ccccc1O)N(C)C(=O)NC1CCCCC1. The van der Waals surface area contributed by atoms with E-state index in [0.29, 0.717) is 6.04 Å². The molecule has 4 heteroatoms. The second-order valence-corrected chi connectivity index (χ2v) is 5.63. The van der Waals surface area contributed by atoms with Gasteiger partial charge in [0, 0.05) is 18.7 Å². The first-order valence-corrected chi connectivity index (χ1v) is 7.41. The Morgan fingerprint density at radius 3 is 2.60 bits per heavy atom. The highest BCUT2D eigenvalue weighted by Crippen LogP contribution is 2.27. The van der Waals surface area contributed by atoms with E-state index < -0.39 is 0 Å². The number of para-hydroxylation sites is 1. The second kappa shape index (κ2) is 6.64. The Bertz CT molecular complexity index is 456. The predicted octanol–water partition coefficient (Wildman–Crippen LogP) is 3.43. The van der Waals surface area contributed by atoms with E-state index in [9.17, 15) is 9.90 Å². The van der Waals surface area contributed by atoms with Gasteiger partial charge in [-0.05, 0) is 25.8 Å². The van der Waals surface area contributed by atoms with Gasteiger partial charge < -0.3 is 15.3 Å². The molecule has 1 aliphatic rings. The number of nitrogens with one attached hydrogen (secondary N) is 1. The Kier molecular flexibility index (Phi) is 4.88. The van der Waals surface area contributed by atoms with Crippen LogP contribution in [0.2, 0.25) is 0 Å². The van der Waals surface area contributed by atoms with Gasteiger partial charge in [-0.1, -0.05) is 37.5 Å². The summed E-state index contributed by atoms with van der Waals surface area (Å²) in [6, 6.07) is 7.25. The fraction of sp³-hybridized carbons (Fsp3) is 0.562. The van der Waals surface area contributed by atoms with Gasteiger partial charge in [-0.2, -0.15) is 0 Å². The third kappa shape index (κ3) is 3.44. The second-order valence-electron chi connectivity index (χ2n) is 5.63. The van der Waals surface area contributed by atoms with E-state index in [1.807, 2.05) is 19.1 Å². The number of benzene rings is 1. The highest BCUT2D eigenvalue weighted by atomic mass is 16.3. The fourth-order valence-electron chi connectivity index (χ4n) is 2.75. The first-order chi connectivity index (χ1) is 9.59. The summed E-state index contributed by atoms with van der Waals surface area (Å²) in [5, 5.41) is 13.0. The first-order valence-electron chi connectivity index (χ1n) is 7.41. The smallest absolute Gasteiger partial charge is 0.317 e. The van der Waals surface area contributed by atoms with E-state index in [-0.39, 0.29) is 17.8 Å². The van der Waals surface area contributed by atoms with Crippen LogP contribution in [0.25, 0.3) is 0 Å². The maximum atomic E-state index is 12.3. The Hall–Kier alpha value is -1.71. The molecule has 0 saturated heterocycles. The molecule has 4 nitrogen and oxygen atoms in total. The zero-order chi connectivity index (χ0) is 14.5. The highest BCUT2D eigenvalue weighted by molar-refractivity contribution is 5.74. The number of urea groups is 1. The van der Waals surface area contributed by atoms with Crippen LogP contribution in [0.15, 0.2) is 24.3 Å². The monoisotopic (exact) mass is 276 g/mol. The van der Waals surface area contributed by atoms with Gasteiger partial charge in [-0.25, -0.2) is 4.79 Å². The molecular formula is C16H24N2O2. The van der Waals surface area contributed by atoms with Crippen molar-refractivity contribution in [2.24, 2.45) is 0 Å². The molecule has 0 aromatic heterocycles. The zero-order valence-electron chi connectivity index (χ0n) is 12.3. The number of amides is 2. The lowest BCUT2D eigenvalue weighted by atomic mass is 9.96.